The molecular weight excluding hydrogens is 359 g/mol. The summed E-state index contributed by atoms with van der Waals surface area (Å²) in [6.45, 7) is 0. The molecule has 3 aromatic rings. The van der Waals surface area contributed by atoms with Crippen LogP contribution >= 0.6 is 7.14 Å². The van der Waals surface area contributed by atoms with E-state index in [-0.39, 0.29) is 0 Å². The van der Waals surface area contributed by atoms with Crippen molar-refractivity contribution in [1.29, 1.82) is 0 Å². The van der Waals surface area contributed by atoms with E-state index in [0.717, 1.165) is 0 Å². The second-order valence-corrected chi connectivity index (χ2v) is 8.81. The van der Waals surface area contributed by atoms with E-state index in [0.29, 0.717) is 21.9 Å². The van der Waals surface area contributed by atoms with E-state index in [1.54, 1.807) is 7.11 Å². The standard InChI is InChI=1S/C22H23O4P/c1-24-21-17-11-10-16-20(21)22(25-2,26-3)27(23,18-12-6-4-7-13-18)19-14-8-5-9-15-19/h4-17H,1-3H3. The summed E-state index contributed by atoms with van der Waals surface area (Å²) in [6.07, 6.45) is 0. The monoisotopic (exact) mass is 382 g/mol. The van der Waals surface area contributed by atoms with Crippen molar-refractivity contribution in [2.45, 2.75) is 5.53 Å². The Morgan fingerprint density at radius 3 is 1.56 bits per heavy atom. The average Bonchev–Trinajstić information content (AvgIpc) is 2.76. The lowest BCUT2D eigenvalue weighted by Crippen LogP contribution is -2.39. The van der Waals surface area contributed by atoms with Crippen LogP contribution in [0, 0.1) is 0 Å². The molecule has 3 rings (SSSR count). The van der Waals surface area contributed by atoms with Gasteiger partial charge in [0.15, 0.2) is 0 Å². The van der Waals surface area contributed by atoms with Gasteiger partial charge in [0.1, 0.15) is 5.75 Å². The van der Waals surface area contributed by atoms with Gasteiger partial charge in [0.05, 0.1) is 12.7 Å². The van der Waals surface area contributed by atoms with Gasteiger partial charge in [0.25, 0.3) is 5.53 Å². The predicted octanol–water partition coefficient (Wildman–Crippen LogP) is 4.11. The Labute approximate surface area is 160 Å². The summed E-state index contributed by atoms with van der Waals surface area (Å²) < 4.78 is 32.3. The summed E-state index contributed by atoms with van der Waals surface area (Å²) >= 11 is 0. The number of methoxy groups -OCH3 is 3. The minimum atomic E-state index is -3.45. The van der Waals surface area contributed by atoms with Gasteiger partial charge < -0.3 is 18.8 Å². The van der Waals surface area contributed by atoms with Crippen LogP contribution in [0.2, 0.25) is 0 Å². The molecule has 0 spiro atoms. The number of rotatable bonds is 7. The Kier molecular flexibility index (Phi) is 5.81. The van der Waals surface area contributed by atoms with Crippen molar-refractivity contribution >= 4 is 17.8 Å². The lowest BCUT2D eigenvalue weighted by atomic mass is 10.2. The van der Waals surface area contributed by atoms with E-state index in [1.165, 1.54) is 14.2 Å². The maximum Gasteiger partial charge on any atom is 0.260 e. The summed E-state index contributed by atoms with van der Waals surface area (Å²) in [6, 6.07) is 26.0. The molecule has 0 heterocycles. The first-order valence-corrected chi connectivity index (χ1v) is 10.3. The SMILES string of the molecule is COc1ccccc1C(OC)(OC)P(=O)(c1ccccc1)c1ccccc1. The van der Waals surface area contributed by atoms with E-state index in [4.69, 9.17) is 14.2 Å². The van der Waals surface area contributed by atoms with Gasteiger partial charge in [-0.1, -0.05) is 72.8 Å². The van der Waals surface area contributed by atoms with Crippen molar-refractivity contribution in [3.05, 3.63) is 90.5 Å². The van der Waals surface area contributed by atoms with Crippen LogP contribution in [-0.2, 0) is 19.6 Å². The molecular formula is C22H23O4P. The maximum absolute atomic E-state index is 14.9. The fourth-order valence-electron chi connectivity index (χ4n) is 3.40. The summed E-state index contributed by atoms with van der Waals surface area (Å²) in [5.41, 5.74) is -0.962. The van der Waals surface area contributed by atoms with Crippen molar-refractivity contribution in [1.82, 2.24) is 0 Å². The van der Waals surface area contributed by atoms with Gasteiger partial charge >= 0.3 is 0 Å². The van der Waals surface area contributed by atoms with Crippen LogP contribution in [0.25, 0.3) is 0 Å². The number of hydrogen-bond donors (Lipinski definition) is 0. The minimum Gasteiger partial charge on any atom is -0.496 e. The molecule has 0 aliphatic carbocycles. The van der Waals surface area contributed by atoms with Crippen molar-refractivity contribution < 1.29 is 18.8 Å². The van der Waals surface area contributed by atoms with Crippen LogP contribution in [0.3, 0.4) is 0 Å². The fourth-order valence-corrected chi connectivity index (χ4v) is 6.60. The van der Waals surface area contributed by atoms with Gasteiger partial charge in [-0.2, -0.15) is 0 Å². The molecule has 0 saturated heterocycles. The molecule has 0 amide bonds. The van der Waals surface area contributed by atoms with E-state index >= 15 is 0 Å². The molecule has 0 aromatic heterocycles. The lowest BCUT2D eigenvalue weighted by Gasteiger charge is -2.39. The van der Waals surface area contributed by atoms with Gasteiger partial charge in [-0.3, -0.25) is 0 Å². The summed E-state index contributed by atoms with van der Waals surface area (Å²) in [7, 11) is 1.14. The van der Waals surface area contributed by atoms with Crippen LogP contribution in [0.5, 0.6) is 5.75 Å². The molecule has 0 N–H and O–H groups in total. The molecule has 0 aliphatic heterocycles. The Hall–Kier alpha value is -2.39. The highest BCUT2D eigenvalue weighted by atomic mass is 31.2. The molecule has 27 heavy (non-hydrogen) atoms. The van der Waals surface area contributed by atoms with Crippen molar-refractivity contribution in [3.63, 3.8) is 0 Å². The third-order valence-corrected chi connectivity index (χ3v) is 8.14. The van der Waals surface area contributed by atoms with Gasteiger partial charge in [0.2, 0.25) is 7.14 Å². The van der Waals surface area contributed by atoms with Crippen LogP contribution in [0.15, 0.2) is 84.9 Å². The van der Waals surface area contributed by atoms with Crippen LogP contribution < -0.4 is 15.3 Å². The topological polar surface area (TPSA) is 44.8 Å². The molecule has 3 aromatic carbocycles. The number of benzene rings is 3. The maximum atomic E-state index is 14.9. The smallest absolute Gasteiger partial charge is 0.260 e. The number of hydrogen-bond acceptors (Lipinski definition) is 4. The van der Waals surface area contributed by atoms with E-state index in [9.17, 15) is 4.57 Å². The lowest BCUT2D eigenvalue weighted by molar-refractivity contribution is -0.149. The second-order valence-electron chi connectivity index (χ2n) is 5.97. The second kappa shape index (κ2) is 8.10. The summed E-state index contributed by atoms with van der Waals surface area (Å²) in [5, 5.41) is 1.29. The Morgan fingerprint density at radius 1 is 0.667 bits per heavy atom. The minimum absolute atomic E-state index is 0.549. The highest BCUT2D eigenvalue weighted by molar-refractivity contribution is 7.79. The van der Waals surface area contributed by atoms with E-state index in [2.05, 4.69) is 0 Å². The average molecular weight is 382 g/mol. The molecule has 0 unspecified atom stereocenters. The van der Waals surface area contributed by atoms with E-state index in [1.807, 2.05) is 84.9 Å². The Morgan fingerprint density at radius 2 is 1.11 bits per heavy atom. The third-order valence-electron chi connectivity index (χ3n) is 4.65. The highest BCUT2D eigenvalue weighted by Crippen LogP contribution is 2.63. The molecule has 0 saturated carbocycles. The fraction of sp³-hybridized carbons (Fsp3) is 0.182. The zero-order chi connectivity index (χ0) is 19.3. The zero-order valence-corrected chi connectivity index (χ0v) is 16.6. The summed E-state index contributed by atoms with van der Waals surface area (Å²) in [5.74, 6) is 0.549. The van der Waals surface area contributed by atoms with Crippen molar-refractivity contribution in [2.24, 2.45) is 0 Å². The van der Waals surface area contributed by atoms with Gasteiger partial charge in [0, 0.05) is 24.8 Å². The van der Waals surface area contributed by atoms with Gasteiger partial charge in [-0.15, -0.1) is 0 Å². The van der Waals surface area contributed by atoms with Crippen molar-refractivity contribution in [2.75, 3.05) is 21.3 Å². The highest BCUT2D eigenvalue weighted by Gasteiger charge is 2.54. The van der Waals surface area contributed by atoms with Crippen LogP contribution in [0.4, 0.5) is 0 Å². The Bertz CT molecular complexity index is 878. The number of ether oxygens (including phenoxy) is 3. The Balaban J connectivity index is 2.40. The van der Waals surface area contributed by atoms with E-state index < -0.39 is 12.7 Å². The number of para-hydroxylation sites is 1. The first kappa shape index (κ1) is 19.4. The largest absolute Gasteiger partial charge is 0.496 e. The van der Waals surface area contributed by atoms with Crippen LogP contribution in [0.1, 0.15) is 5.56 Å². The molecule has 0 radical (unpaired) electrons. The van der Waals surface area contributed by atoms with Gasteiger partial charge in [-0.25, -0.2) is 0 Å². The predicted molar refractivity (Wildman–Crippen MR) is 108 cm³/mol. The molecule has 140 valence electrons. The molecule has 5 heteroatoms. The third kappa shape index (κ3) is 3.10. The molecule has 0 fully saturated rings. The molecule has 0 atom stereocenters. The molecule has 4 nitrogen and oxygen atoms in total. The van der Waals surface area contributed by atoms with Gasteiger partial charge in [-0.05, 0) is 12.1 Å². The molecule has 0 bridgehead atoms. The van der Waals surface area contributed by atoms with Crippen molar-refractivity contribution in [3.8, 4) is 5.75 Å². The normalized spacial score (nSPS) is 12.0. The first-order chi connectivity index (χ1) is 13.1. The summed E-state index contributed by atoms with van der Waals surface area (Å²) in [4.78, 5) is 0. The van der Waals surface area contributed by atoms with Crippen LogP contribution in [-0.4, -0.2) is 21.3 Å². The molecule has 0 aliphatic rings. The first-order valence-electron chi connectivity index (χ1n) is 8.59. The quantitative estimate of drug-likeness (QED) is 0.456. The zero-order valence-electron chi connectivity index (χ0n) is 15.7.